The van der Waals surface area contributed by atoms with Crippen LogP contribution in [0.1, 0.15) is 16.1 Å². The van der Waals surface area contributed by atoms with Crippen molar-refractivity contribution in [2.75, 3.05) is 18.4 Å². The molecule has 3 aromatic rings. The molecule has 0 saturated heterocycles. The van der Waals surface area contributed by atoms with Crippen molar-refractivity contribution in [3.8, 4) is 5.75 Å². The molecule has 0 unspecified atom stereocenters. The molecule has 0 radical (unpaired) electrons. The van der Waals surface area contributed by atoms with Crippen LogP contribution in [-0.2, 0) is 21.4 Å². The summed E-state index contributed by atoms with van der Waals surface area (Å²) in [6, 6.07) is 13.5. The minimum Gasteiger partial charge on any atom is -0.497 e. The molecular weight excluding hydrogens is 458 g/mol. The average Bonchev–Trinajstić information content (AvgIpc) is 3.30. The summed E-state index contributed by atoms with van der Waals surface area (Å²) in [5.74, 6) is 0.0767. The van der Waals surface area contributed by atoms with E-state index in [4.69, 9.17) is 20.8 Å². The summed E-state index contributed by atoms with van der Waals surface area (Å²) in [6.45, 7) is -0.115. The van der Waals surface area contributed by atoms with E-state index in [1.807, 2.05) is 0 Å². The molecule has 168 valence electrons. The van der Waals surface area contributed by atoms with Crippen LogP contribution >= 0.6 is 11.6 Å². The van der Waals surface area contributed by atoms with Crippen molar-refractivity contribution in [2.45, 2.75) is 11.4 Å². The van der Waals surface area contributed by atoms with Gasteiger partial charge in [-0.2, -0.15) is 0 Å². The number of halogens is 1. The second kappa shape index (κ2) is 10.2. The summed E-state index contributed by atoms with van der Waals surface area (Å²) in [4.78, 5) is 24.0. The summed E-state index contributed by atoms with van der Waals surface area (Å²) >= 11 is 6.07. The number of nitrogens with one attached hydrogen (secondary N) is 3. The molecule has 3 rings (SSSR count). The maximum Gasteiger partial charge on any atom is 0.263 e. The fraction of sp³-hybridized carbons (Fsp3) is 0.143. The number of hydrogen-bond donors (Lipinski definition) is 3. The predicted octanol–water partition coefficient (Wildman–Crippen LogP) is 2.79. The molecule has 0 bridgehead atoms. The Morgan fingerprint density at radius 1 is 1.06 bits per heavy atom. The lowest BCUT2D eigenvalue weighted by Crippen LogP contribution is -2.36. The Morgan fingerprint density at radius 2 is 1.81 bits per heavy atom. The number of carbonyl (C=O) groups is 2. The summed E-state index contributed by atoms with van der Waals surface area (Å²) < 4.78 is 38.1. The first kappa shape index (κ1) is 23.2. The molecule has 9 nitrogen and oxygen atoms in total. The van der Waals surface area contributed by atoms with Crippen molar-refractivity contribution in [2.24, 2.45) is 0 Å². The van der Waals surface area contributed by atoms with Gasteiger partial charge in [-0.3, -0.25) is 14.3 Å². The van der Waals surface area contributed by atoms with Gasteiger partial charge in [-0.15, -0.1) is 0 Å². The molecule has 3 N–H and O–H groups in total. The Morgan fingerprint density at radius 3 is 2.47 bits per heavy atom. The van der Waals surface area contributed by atoms with E-state index in [-0.39, 0.29) is 28.6 Å². The van der Waals surface area contributed by atoms with Gasteiger partial charge < -0.3 is 19.8 Å². The van der Waals surface area contributed by atoms with Gasteiger partial charge in [-0.05, 0) is 54.6 Å². The van der Waals surface area contributed by atoms with Crippen LogP contribution < -0.4 is 20.1 Å². The lowest BCUT2D eigenvalue weighted by atomic mass is 10.2. The van der Waals surface area contributed by atoms with Crippen LogP contribution in [0, 0.1) is 0 Å². The van der Waals surface area contributed by atoms with Crippen LogP contribution in [0.3, 0.4) is 0 Å². The van der Waals surface area contributed by atoms with E-state index in [9.17, 15) is 18.0 Å². The Hall–Kier alpha value is -3.50. The van der Waals surface area contributed by atoms with Gasteiger partial charge in [-0.1, -0.05) is 11.6 Å². The zero-order valence-electron chi connectivity index (χ0n) is 16.9. The van der Waals surface area contributed by atoms with Gasteiger partial charge >= 0.3 is 0 Å². The number of carbonyl (C=O) groups excluding carboxylic acids is 2. The molecule has 2 aromatic carbocycles. The van der Waals surface area contributed by atoms with Crippen molar-refractivity contribution in [1.82, 2.24) is 10.6 Å². The van der Waals surface area contributed by atoms with E-state index in [0.29, 0.717) is 17.2 Å². The standard InChI is InChI=1S/C21H20ClN3O6S/c1-30-16-7-5-15(6-8-16)25-32(28,29)19-11-14(4-9-18(19)22)21(27)24-13-20(26)23-12-17-3-2-10-31-17/h2-11,25H,12-13H2,1H3,(H,23,26)(H,24,27). The van der Waals surface area contributed by atoms with Gasteiger partial charge in [0.2, 0.25) is 5.91 Å². The van der Waals surface area contributed by atoms with Gasteiger partial charge in [0.15, 0.2) is 0 Å². The normalized spacial score (nSPS) is 10.9. The van der Waals surface area contributed by atoms with Gasteiger partial charge in [0.1, 0.15) is 16.4 Å². The van der Waals surface area contributed by atoms with E-state index >= 15 is 0 Å². The number of sulfonamides is 1. The van der Waals surface area contributed by atoms with Crippen LogP contribution in [0.2, 0.25) is 5.02 Å². The van der Waals surface area contributed by atoms with E-state index in [1.165, 1.54) is 37.6 Å². The quantitative estimate of drug-likeness (QED) is 0.435. The molecule has 32 heavy (non-hydrogen) atoms. The van der Waals surface area contributed by atoms with Crippen LogP contribution in [0.4, 0.5) is 5.69 Å². The molecule has 11 heteroatoms. The third-order valence-corrected chi connectivity index (χ3v) is 6.14. The number of ether oxygens (including phenoxy) is 1. The van der Waals surface area contributed by atoms with Crippen LogP contribution in [0.5, 0.6) is 5.75 Å². The molecule has 0 spiro atoms. The number of methoxy groups -OCH3 is 1. The summed E-state index contributed by atoms with van der Waals surface area (Å²) in [7, 11) is -2.58. The topological polar surface area (TPSA) is 127 Å². The summed E-state index contributed by atoms with van der Waals surface area (Å²) in [6.07, 6.45) is 1.49. The molecule has 2 amide bonds. The van der Waals surface area contributed by atoms with Crippen molar-refractivity contribution < 1.29 is 27.2 Å². The fourth-order valence-electron chi connectivity index (χ4n) is 2.64. The van der Waals surface area contributed by atoms with Gasteiger partial charge in [0.05, 0.1) is 31.5 Å². The first-order valence-electron chi connectivity index (χ1n) is 9.32. The zero-order valence-corrected chi connectivity index (χ0v) is 18.5. The smallest absolute Gasteiger partial charge is 0.263 e. The van der Waals surface area contributed by atoms with E-state index in [1.54, 1.807) is 24.3 Å². The SMILES string of the molecule is COc1ccc(NS(=O)(=O)c2cc(C(=O)NCC(=O)NCc3ccco3)ccc2Cl)cc1. The number of furan rings is 1. The Balaban J connectivity index is 1.65. The molecular formula is C21H20ClN3O6S. The number of rotatable bonds is 9. The second-order valence-electron chi connectivity index (χ2n) is 6.52. The Kier molecular flexibility index (Phi) is 7.39. The molecule has 0 atom stereocenters. The third-order valence-electron chi connectivity index (χ3n) is 4.27. The highest BCUT2D eigenvalue weighted by atomic mass is 35.5. The number of benzene rings is 2. The van der Waals surface area contributed by atoms with E-state index in [2.05, 4.69) is 15.4 Å². The maximum atomic E-state index is 12.8. The molecule has 0 aliphatic rings. The molecule has 0 saturated carbocycles. The van der Waals surface area contributed by atoms with Crippen molar-refractivity contribution in [3.63, 3.8) is 0 Å². The number of anilines is 1. The highest BCUT2D eigenvalue weighted by Crippen LogP contribution is 2.26. The van der Waals surface area contributed by atoms with Gasteiger partial charge in [0.25, 0.3) is 15.9 Å². The summed E-state index contributed by atoms with van der Waals surface area (Å²) in [5.41, 5.74) is 0.327. The first-order valence-corrected chi connectivity index (χ1v) is 11.2. The van der Waals surface area contributed by atoms with Crippen LogP contribution in [-0.4, -0.2) is 33.9 Å². The molecule has 1 aromatic heterocycles. The number of hydrogen-bond acceptors (Lipinski definition) is 6. The largest absolute Gasteiger partial charge is 0.497 e. The molecule has 0 fully saturated rings. The van der Waals surface area contributed by atoms with E-state index in [0.717, 1.165) is 6.07 Å². The van der Waals surface area contributed by atoms with Crippen molar-refractivity contribution in [3.05, 3.63) is 77.2 Å². The minimum atomic E-state index is -4.08. The highest BCUT2D eigenvalue weighted by Gasteiger charge is 2.21. The zero-order chi connectivity index (χ0) is 23.1. The Labute approximate surface area is 189 Å². The fourth-order valence-corrected chi connectivity index (χ4v) is 4.23. The highest BCUT2D eigenvalue weighted by molar-refractivity contribution is 7.92. The second-order valence-corrected chi connectivity index (χ2v) is 8.58. The maximum absolute atomic E-state index is 12.8. The molecule has 0 aliphatic heterocycles. The van der Waals surface area contributed by atoms with Gasteiger partial charge in [-0.25, -0.2) is 8.42 Å². The Bertz CT molecular complexity index is 1190. The van der Waals surface area contributed by atoms with Crippen molar-refractivity contribution >= 4 is 39.1 Å². The molecule has 1 heterocycles. The lowest BCUT2D eigenvalue weighted by molar-refractivity contribution is -0.120. The minimum absolute atomic E-state index is 0.0309. The summed E-state index contributed by atoms with van der Waals surface area (Å²) in [5, 5.41) is 4.97. The van der Waals surface area contributed by atoms with Crippen LogP contribution in [0.25, 0.3) is 0 Å². The van der Waals surface area contributed by atoms with Gasteiger partial charge in [0, 0.05) is 11.3 Å². The van der Waals surface area contributed by atoms with E-state index < -0.39 is 21.8 Å². The number of amides is 2. The van der Waals surface area contributed by atoms with Crippen LogP contribution in [0.15, 0.2) is 70.2 Å². The molecule has 0 aliphatic carbocycles. The lowest BCUT2D eigenvalue weighted by Gasteiger charge is -2.12. The first-order chi connectivity index (χ1) is 15.3. The monoisotopic (exact) mass is 477 g/mol. The van der Waals surface area contributed by atoms with Crippen molar-refractivity contribution in [1.29, 1.82) is 0 Å². The average molecular weight is 478 g/mol. The third kappa shape index (κ3) is 6.02. The predicted molar refractivity (Wildman–Crippen MR) is 118 cm³/mol.